The van der Waals surface area contributed by atoms with E-state index in [1.165, 1.54) is 25.1 Å². The van der Waals surface area contributed by atoms with Gasteiger partial charge in [-0.1, -0.05) is 12.1 Å². The molecule has 1 aromatic rings. The maximum absolute atomic E-state index is 13.0. The van der Waals surface area contributed by atoms with Gasteiger partial charge in [0.05, 0.1) is 5.56 Å². The van der Waals surface area contributed by atoms with Crippen LogP contribution in [0.3, 0.4) is 0 Å². The third-order valence-corrected chi connectivity index (χ3v) is 4.26. The third-order valence-electron chi connectivity index (χ3n) is 4.26. The highest BCUT2D eigenvalue weighted by atomic mass is 35.5. The Balaban J connectivity index is 0.00000312. The first-order valence-corrected chi connectivity index (χ1v) is 8.09. The van der Waals surface area contributed by atoms with E-state index in [2.05, 4.69) is 5.32 Å². The Hall–Kier alpha value is -1.47. The zero-order valence-electron chi connectivity index (χ0n) is 14.3. The van der Waals surface area contributed by atoms with E-state index < -0.39 is 17.8 Å². The molecular formula is C17H24ClF3N2O2. The predicted molar refractivity (Wildman–Crippen MR) is 92.0 cm³/mol. The van der Waals surface area contributed by atoms with Crippen LogP contribution in [0.5, 0.6) is 5.75 Å². The molecule has 1 atom stereocenters. The Kier molecular flexibility index (Phi) is 8.02. The lowest BCUT2D eigenvalue weighted by Crippen LogP contribution is -2.45. The van der Waals surface area contributed by atoms with E-state index in [1.54, 1.807) is 4.90 Å². The number of hydrogen-bond acceptors (Lipinski definition) is 3. The molecule has 0 spiro atoms. The van der Waals surface area contributed by atoms with Gasteiger partial charge in [0, 0.05) is 13.1 Å². The van der Waals surface area contributed by atoms with Crippen LogP contribution >= 0.6 is 12.4 Å². The Labute approximate surface area is 152 Å². The summed E-state index contributed by atoms with van der Waals surface area (Å²) >= 11 is 0. The van der Waals surface area contributed by atoms with Crippen molar-refractivity contribution in [2.24, 2.45) is 5.92 Å². The van der Waals surface area contributed by atoms with Crippen LogP contribution < -0.4 is 10.1 Å². The summed E-state index contributed by atoms with van der Waals surface area (Å²) in [5.41, 5.74) is -0.864. The minimum absolute atomic E-state index is 0. The van der Waals surface area contributed by atoms with Gasteiger partial charge in [-0.25, -0.2) is 0 Å². The minimum Gasteiger partial charge on any atom is -0.480 e. The highest BCUT2D eigenvalue weighted by Gasteiger charge is 2.35. The number of hydrogen-bond donors (Lipinski definition) is 1. The quantitative estimate of drug-likeness (QED) is 0.851. The number of carbonyl (C=O) groups excluding carboxylic acids is 1. The standard InChI is InChI=1S/C17H23F3N2O2.ClH/c1-12(16(23)22-9-7-13(8-10-22)11-21-2)24-15-6-4-3-5-14(15)17(18,19)20;/h3-6,12-13,21H,7-11H2,1-2H3;1H. The van der Waals surface area contributed by atoms with Gasteiger partial charge in [-0.05, 0) is 51.4 Å². The number of para-hydroxylation sites is 1. The van der Waals surface area contributed by atoms with Crippen molar-refractivity contribution in [3.8, 4) is 5.75 Å². The predicted octanol–water partition coefficient (Wildman–Crippen LogP) is 3.35. The van der Waals surface area contributed by atoms with Crippen molar-refractivity contribution >= 4 is 18.3 Å². The maximum atomic E-state index is 13.0. The first-order valence-electron chi connectivity index (χ1n) is 8.09. The van der Waals surface area contributed by atoms with Gasteiger partial charge in [-0.2, -0.15) is 13.2 Å². The topological polar surface area (TPSA) is 41.6 Å². The summed E-state index contributed by atoms with van der Waals surface area (Å²) in [4.78, 5) is 14.1. The van der Waals surface area contributed by atoms with Crippen LogP contribution in [0.25, 0.3) is 0 Å². The molecule has 4 nitrogen and oxygen atoms in total. The fraction of sp³-hybridized carbons (Fsp3) is 0.588. The summed E-state index contributed by atoms with van der Waals surface area (Å²) < 4.78 is 44.3. The lowest BCUT2D eigenvalue weighted by atomic mass is 9.96. The number of ether oxygens (including phenoxy) is 1. The van der Waals surface area contributed by atoms with Gasteiger partial charge in [0.2, 0.25) is 0 Å². The fourth-order valence-corrected chi connectivity index (χ4v) is 2.95. The van der Waals surface area contributed by atoms with E-state index in [1.807, 2.05) is 7.05 Å². The highest BCUT2D eigenvalue weighted by molar-refractivity contribution is 5.85. The van der Waals surface area contributed by atoms with Crippen LogP contribution in [-0.2, 0) is 11.0 Å². The minimum atomic E-state index is -4.51. The molecule has 1 aliphatic heterocycles. The second-order valence-electron chi connectivity index (χ2n) is 6.08. The molecule has 0 aliphatic carbocycles. The zero-order chi connectivity index (χ0) is 17.7. The lowest BCUT2D eigenvalue weighted by molar-refractivity contribution is -0.144. The Bertz CT molecular complexity index is 561. The van der Waals surface area contributed by atoms with Gasteiger partial charge in [-0.3, -0.25) is 4.79 Å². The van der Waals surface area contributed by atoms with Crippen molar-refractivity contribution in [3.05, 3.63) is 29.8 Å². The number of nitrogens with zero attached hydrogens (tertiary/aromatic N) is 1. The van der Waals surface area contributed by atoms with Crippen molar-refractivity contribution in [3.63, 3.8) is 0 Å². The summed E-state index contributed by atoms with van der Waals surface area (Å²) in [7, 11) is 1.89. The molecule has 0 saturated carbocycles. The number of likely N-dealkylation sites (tertiary alicyclic amines) is 1. The Morgan fingerprint density at radius 3 is 2.48 bits per heavy atom. The summed E-state index contributed by atoms with van der Waals surface area (Å²) in [6.07, 6.45) is -3.68. The number of carbonyl (C=O) groups is 1. The van der Waals surface area contributed by atoms with E-state index in [0.29, 0.717) is 19.0 Å². The van der Waals surface area contributed by atoms with Crippen LogP contribution in [0.15, 0.2) is 24.3 Å². The lowest BCUT2D eigenvalue weighted by Gasteiger charge is -2.33. The van der Waals surface area contributed by atoms with Gasteiger partial charge in [0.25, 0.3) is 5.91 Å². The van der Waals surface area contributed by atoms with Crippen molar-refractivity contribution in [2.45, 2.75) is 32.0 Å². The molecule has 142 valence electrons. The molecule has 1 saturated heterocycles. The second-order valence-corrected chi connectivity index (χ2v) is 6.08. The van der Waals surface area contributed by atoms with Gasteiger partial charge < -0.3 is 15.0 Å². The van der Waals surface area contributed by atoms with E-state index in [-0.39, 0.29) is 24.1 Å². The molecule has 1 aromatic carbocycles. The molecule has 25 heavy (non-hydrogen) atoms. The highest BCUT2D eigenvalue weighted by Crippen LogP contribution is 2.36. The van der Waals surface area contributed by atoms with Gasteiger partial charge >= 0.3 is 6.18 Å². The van der Waals surface area contributed by atoms with Crippen molar-refractivity contribution in [1.29, 1.82) is 0 Å². The largest absolute Gasteiger partial charge is 0.480 e. The Morgan fingerprint density at radius 1 is 1.32 bits per heavy atom. The molecule has 1 heterocycles. The van der Waals surface area contributed by atoms with Crippen LogP contribution in [0.4, 0.5) is 13.2 Å². The molecule has 0 radical (unpaired) electrons. The molecule has 0 bridgehead atoms. The number of nitrogens with one attached hydrogen (secondary N) is 1. The van der Waals surface area contributed by atoms with Crippen molar-refractivity contribution in [2.75, 3.05) is 26.7 Å². The fourth-order valence-electron chi connectivity index (χ4n) is 2.95. The van der Waals surface area contributed by atoms with E-state index in [4.69, 9.17) is 4.74 Å². The van der Waals surface area contributed by atoms with Crippen molar-refractivity contribution < 1.29 is 22.7 Å². The number of amides is 1. The van der Waals surface area contributed by atoms with Gasteiger partial charge in [-0.15, -0.1) is 12.4 Å². The monoisotopic (exact) mass is 380 g/mol. The summed E-state index contributed by atoms with van der Waals surface area (Å²) in [5, 5.41) is 3.12. The number of alkyl halides is 3. The van der Waals surface area contributed by atoms with E-state index >= 15 is 0 Å². The average Bonchev–Trinajstić information content (AvgIpc) is 2.54. The molecule has 1 N–H and O–H groups in total. The normalized spacial score (nSPS) is 16.9. The number of piperidine rings is 1. The van der Waals surface area contributed by atoms with Crippen LogP contribution in [-0.4, -0.2) is 43.6 Å². The smallest absolute Gasteiger partial charge is 0.419 e. The van der Waals surface area contributed by atoms with Gasteiger partial charge in [0.1, 0.15) is 5.75 Å². The molecule has 8 heteroatoms. The number of halogens is 4. The molecule has 1 unspecified atom stereocenters. The first-order chi connectivity index (χ1) is 11.3. The van der Waals surface area contributed by atoms with Crippen molar-refractivity contribution in [1.82, 2.24) is 10.2 Å². The second kappa shape index (κ2) is 9.29. The van der Waals surface area contributed by atoms with Gasteiger partial charge in [0.15, 0.2) is 6.10 Å². The maximum Gasteiger partial charge on any atom is 0.419 e. The molecule has 2 rings (SSSR count). The molecule has 1 fully saturated rings. The summed E-state index contributed by atoms with van der Waals surface area (Å²) in [6, 6.07) is 4.96. The average molecular weight is 381 g/mol. The first kappa shape index (κ1) is 21.6. The summed E-state index contributed by atoms with van der Waals surface area (Å²) in [6.45, 7) is 3.63. The number of benzene rings is 1. The summed E-state index contributed by atoms with van der Waals surface area (Å²) in [5.74, 6) is -0.0490. The molecular weight excluding hydrogens is 357 g/mol. The molecule has 1 amide bonds. The van der Waals surface area contributed by atoms with Crippen LogP contribution in [0, 0.1) is 5.92 Å². The van der Waals surface area contributed by atoms with Crippen LogP contribution in [0.1, 0.15) is 25.3 Å². The molecule has 1 aliphatic rings. The molecule has 0 aromatic heterocycles. The van der Waals surface area contributed by atoms with Crippen LogP contribution in [0.2, 0.25) is 0 Å². The van der Waals surface area contributed by atoms with E-state index in [0.717, 1.165) is 25.5 Å². The SMILES string of the molecule is CNCC1CCN(C(=O)C(C)Oc2ccccc2C(F)(F)F)CC1.Cl. The Morgan fingerprint density at radius 2 is 1.92 bits per heavy atom. The third kappa shape index (κ3) is 5.78. The number of rotatable bonds is 5. The van der Waals surface area contributed by atoms with E-state index in [9.17, 15) is 18.0 Å². The zero-order valence-corrected chi connectivity index (χ0v) is 15.1.